The number of aromatic carboxylic acids is 1. The molecule has 3 N–H and O–H groups in total. The summed E-state index contributed by atoms with van der Waals surface area (Å²) in [5.74, 6) is -1.39. The molecule has 0 spiro atoms. The fourth-order valence-corrected chi connectivity index (χ4v) is 3.05. The van der Waals surface area contributed by atoms with Crippen molar-refractivity contribution in [2.24, 2.45) is 0 Å². The van der Waals surface area contributed by atoms with Crippen molar-refractivity contribution in [2.45, 2.75) is 17.9 Å². The lowest BCUT2D eigenvalue weighted by Gasteiger charge is -2.13. The van der Waals surface area contributed by atoms with Crippen molar-refractivity contribution in [3.05, 3.63) is 47.7 Å². The smallest absolute Gasteiger partial charge is 0.340 e. The molecule has 0 saturated heterocycles. The Morgan fingerprint density at radius 3 is 2.67 bits per heavy atom. The molecule has 1 aromatic heterocycles. The second kappa shape index (κ2) is 6.06. The van der Waals surface area contributed by atoms with Gasteiger partial charge in [-0.3, -0.25) is 5.10 Å². The van der Waals surface area contributed by atoms with Crippen LogP contribution in [0.1, 0.15) is 28.8 Å². The van der Waals surface area contributed by atoms with Gasteiger partial charge < -0.3 is 5.11 Å². The van der Waals surface area contributed by atoms with Crippen LogP contribution in [0.15, 0.2) is 41.6 Å². The second-order valence-electron chi connectivity index (χ2n) is 4.58. The summed E-state index contributed by atoms with van der Waals surface area (Å²) in [6, 6.07) is 9.43. The number of carboxylic acid groups (broad SMARTS) is 1. The molecule has 1 unspecified atom stereocenters. The summed E-state index contributed by atoms with van der Waals surface area (Å²) in [4.78, 5) is 10.9. The van der Waals surface area contributed by atoms with Crippen LogP contribution in [0.4, 0.5) is 0 Å². The van der Waals surface area contributed by atoms with E-state index in [2.05, 4.69) is 14.9 Å². The summed E-state index contributed by atoms with van der Waals surface area (Å²) in [5.41, 5.74) is 0.609. The van der Waals surface area contributed by atoms with Crippen molar-refractivity contribution < 1.29 is 18.3 Å². The average Bonchev–Trinajstić information content (AvgIpc) is 2.96. The minimum atomic E-state index is -3.94. The third kappa shape index (κ3) is 3.47. The first-order valence-electron chi connectivity index (χ1n) is 6.23. The van der Waals surface area contributed by atoms with Crippen molar-refractivity contribution >= 4 is 16.0 Å². The summed E-state index contributed by atoms with van der Waals surface area (Å²) in [6.45, 7) is 2.04. The summed E-state index contributed by atoms with van der Waals surface area (Å²) in [6.07, 6.45) is 0.970. The second-order valence-corrected chi connectivity index (χ2v) is 6.29. The largest absolute Gasteiger partial charge is 0.478 e. The van der Waals surface area contributed by atoms with Gasteiger partial charge in [0.2, 0.25) is 0 Å². The molecule has 0 aliphatic heterocycles. The Kier molecular flexibility index (Phi) is 4.39. The number of aromatic amines is 1. The summed E-state index contributed by atoms with van der Waals surface area (Å²) < 4.78 is 26.6. The third-order valence-corrected chi connectivity index (χ3v) is 4.45. The van der Waals surface area contributed by atoms with Gasteiger partial charge in [0.05, 0.1) is 6.20 Å². The van der Waals surface area contributed by atoms with E-state index in [0.29, 0.717) is 0 Å². The topological polar surface area (TPSA) is 112 Å². The Morgan fingerprint density at radius 1 is 1.38 bits per heavy atom. The van der Waals surface area contributed by atoms with E-state index in [9.17, 15) is 13.2 Å². The fraction of sp³-hybridized carbons (Fsp3) is 0.231. The van der Waals surface area contributed by atoms with E-state index < -0.39 is 21.0 Å². The number of carboxylic acids is 1. The van der Waals surface area contributed by atoms with E-state index in [0.717, 1.165) is 11.8 Å². The number of hydrogen-bond acceptors (Lipinski definition) is 4. The molecule has 7 nitrogen and oxygen atoms in total. The quantitative estimate of drug-likeness (QED) is 0.742. The molecule has 0 saturated carbocycles. The molecule has 1 heterocycles. The van der Waals surface area contributed by atoms with Gasteiger partial charge in [0.15, 0.2) is 5.03 Å². The Balaban J connectivity index is 2.12. The van der Waals surface area contributed by atoms with Gasteiger partial charge in [-0.05, 0) is 11.5 Å². The van der Waals surface area contributed by atoms with Crippen LogP contribution in [0.25, 0.3) is 0 Å². The predicted octanol–water partition coefficient (Wildman–Crippen LogP) is 1.19. The van der Waals surface area contributed by atoms with Crippen LogP contribution in [0.2, 0.25) is 0 Å². The molecule has 112 valence electrons. The molecule has 21 heavy (non-hydrogen) atoms. The number of hydrogen-bond donors (Lipinski definition) is 3. The summed E-state index contributed by atoms with van der Waals surface area (Å²) >= 11 is 0. The Bertz CT molecular complexity index is 725. The molecule has 1 aromatic carbocycles. The van der Waals surface area contributed by atoms with Gasteiger partial charge >= 0.3 is 5.97 Å². The van der Waals surface area contributed by atoms with Gasteiger partial charge in [0.25, 0.3) is 10.0 Å². The minimum absolute atomic E-state index is 0.0443. The van der Waals surface area contributed by atoms with E-state index in [1.807, 2.05) is 37.3 Å². The number of rotatable bonds is 6. The first-order chi connectivity index (χ1) is 9.92. The van der Waals surface area contributed by atoms with Gasteiger partial charge in [0, 0.05) is 6.54 Å². The van der Waals surface area contributed by atoms with Gasteiger partial charge in [-0.15, -0.1) is 0 Å². The van der Waals surface area contributed by atoms with E-state index >= 15 is 0 Å². The maximum absolute atomic E-state index is 12.1. The highest BCUT2D eigenvalue weighted by molar-refractivity contribution is 7.89. The number of sulfonamides is 1. The maximum atomic E-state index is 12.1. The van der Waals surface area contributed by atoms with E-state index in [4.69, 9.17) is 5.11 Å². The number of nitrogens with zero attached hydrogens (tertiary/aromatic N) is 1. The van der Waals surface area contributed by atoms with Crippen molar-refractivity contribution in [2.75, 3.05) is 6.54 Å². The maximum Gasteiger partial charge on any atom is 0.340 e. The van der Waals surface area contributed by atoms with Crippen LogP contribution in [-0.2, 0) is 10.0 Å². The lowest BCUT2D eigenvalue weighted by atomic mass is 10.0. The summed E-state index contributed by atoms with van der Waals surface area (Å²) in [7, 11) is -3.94. The normalized spacial score (nSPS) is 13.0. The van der Waals surface area contributed by atoms with Gasteiger partial charge in [-0.2, -0.15) is 5.10 Å². The first-order valence-corrected chi connectivity index (χ1v) is 7.71. The number of carbonyl (C=O) groups is 1. The van der Waals surface area contributed by atoms with Gasteiger partial charge in [0.1, 0.15) is 5.56 Å². The van der Waals surface area contributed by atoms with Gasteiger partial charge in [-0.1, -0.05) is 37.3 Å². The minimum Gasteiger partial charge on any atom is -0.478 e. The van der Waals surface area contributed by atoms with Crippen LogP contribution in [0, 0.1) is 0 Å². The molecule has 0 aliphatic rings. The lowest BCUT2D eigenvalue weighted by molar-refractivity contribution is 0.0692. The van der Waals surface area contributed by atoms with Crippen LogP contribution in [0.5, 0.6) is 0 Å². The molecule has 2 rings (SSSR count). The van der Waals surface area contributed by atoms with Crippen molar-refractivity contribution in [1.82, 2.24) is 14.9 Å². The highest BCUT2D eigenvalue weighted by atomic mass is 32.2. The van der Waals surface area contributed by atoms with Crippen LogP contribution >= 0.6 is 0 Å². The van der Waals surface area contributed by atoms with Crippen LogP contribution in [-0.4, -0.2) is 36.2 Å². The zero-order valence-corrected chi connectivity index (χ0v) is 12.1. The highest BCUT2D eigenvalue weighted by Crippen LogP contribution is 2.16. The fourth-order valence-electron chi connectivity index (χ4n) is 1.84. The SMILES string of the molecule is CC(CNS(=O)(=O)c1[nH]ncc1C(=O)O)c1ccccc1. The molecule has 0 fully saturated rings. The highest BCUT2D eigenvalue weighted by Gasteiger charge is 2.25. The van der Waals surface area contributed by atoms with E-state index in [-0.39, 0.29) is 18.0 Å². The Hall–Kier alpha value is -2.19. The molecule has 8 heteroatoms. The Labute approximate surface area is 122 Å². The predicted molar refractivity (Wildman–Crippen MR) is 75.6 cm³/mol. The van der Waals surface area contributed by atoms with Crippen molar-refractivity contribution in [3.8, 4) is 0 Å². The van der Waals surface area contributed by atoms with Crippen molar-refractivity contribution in [3.63, 3.8) is 0 Å². The molecule has 0 bridgehead atoms. The van der Waals surface area contributed by atoms with Gasteiger partial charge in [-0.25, -0.2) is 17.9 Å². The standard InChI is InChI=1S/C13H15N3O4S/c1-9(10-5-3-2-4-6-10)7-15-21(19,20)12-11(13(17)18)8-14-16-12/h2-6,8-9,15H,7H2,1H3,(H,14,16)(H,17,18). The van der Waals surface area contributed by atoms with Crippen LogP contribution < -0.4 is 4.72 Å². The number of benzene rings is 1. The first kappa shape index (κ1) is 15.2. The molecule has 1 atom stereocenters. The monoisotopic (exact) mass is 309 g/mol. The van der Waals surface area contributed by atoms with E-state index in [1.54, 1.807) is 0 Å². The Morgan fingerprint density at radius 2 is 2.05 bits per heavy atom. The number of H-pyrrole nitrogens is 1. The zero-order valence-electron chi connectivity index (χ0n) is 11.3. The summed E-state index contributed by atoms with van der Waals surface area (Å²) in [5, 5.41) is 14.2. The lowest BCUT2D eigenvalue weighted by Crippen LogP contribution is -2.29. The molecule has 0 aliphatic carbocycles. The number of aromatic nitrogens is 2. The third-order valence-electron chi connectivity index (χ3n) is 3.05. The van der Waals surface area contributed by atoms with Crippen LogP contribution in [0.3, 0.4) is 0 Å². The number of nitrogens with one attached hydrogen (secondary N) is 2. The van der Waals surface area contributed by atoms with Crippen molar-refractivity contribution in [1.29, 1.82) is 0 Å². The molecule has 0 radical (unpaired) electrons. The zero-order chi connectivity index (χ0) is 15.5. The van der Waals surface area contributed by atoms with E-state index in [1.165, 1.54) is 0 Å². The molecule has 0 amide bonds. The molecular formula is C13H15N3O4S. The molecule has 2 aromatic rings. The molecular weight excluding hydrogens is 294 g/mol. The average molecular weight is 309 g/mol.